The number of fused-ring (bicyclic) bond motifs is 3. The SMILES string of the molecule is O=C1C(NCCCl)=CC(=O)c2c1nc1n2CCC1. The first-order chi connectivity index (χ1) is 8.72. The largest absolute Gasteiger partial charge is 0.381 e. The molecular formula is C12H12ClN3O2. The molecule has 0 radical (unpaired) electrons. The van der Waals surface area contributed by atoms with Crippen molar-refractivity contribution in [1.82, 2.24) is 14.9 Å². The highest BCUT2D eigenvalue weighted by Crippen LogP contribution is 2.25. The van der Waals surface area contributed by atoms with Gasteiger partial charge in [0.05, 0.1) is 5.70 Å². The average Bonchev–Trinajstić information content (AvgIpc) is 2.91. The summed E-state index contributed by atoms with van der Waals surface area (Å²) in [4.78, 5) is 28.5. The van der Waals surface area contributed by atoms with E-state index >= 15 is 0 Å². The van der Waals surface area contributed by atoms with Crippen molar-refractivity contribution >= 4 is 23.2 Å². The fraction of sp³-hybridized carbons (Fsp3) is 0.417. The molecule has 0 bridgehead atoms. The monoisotopic (exact) mass is 265 g/mol. The van der Waals surface area contributed by atoms with E-state index in [1.54, 1.807) is 0 Å². The summed E-state index contributed by atoms with van der Waals surface area (Å²) < 4.78 is 1.87. The number of carbonyl (C=O) groups is 2. The number of nitrogens with one attached hydrogen (secondary N) is 1. The van der Waals surface area contributed by atoms with E-state index in [0.29, 0.717) is 23.8 Å². The molecular weight excluding hydrogens is 254 g/mol. The number of alkyl halides is 1. The fourth-order valence-corrected chi connectivity index (χ4v) is 2.53. The molecule has 0 fully saturated rings. The Morgan fingerprint density at radius 3 is 3.06 bits per heavy atom. The van der Waals surface area contributed by atoms with Crippen molar-refractivity contribution in [3.63, 3.8) is 0 Å². The van der Waals surface area contributed by atoms with Crippen LogP contribution in [0.4, 0.5) is 0 Å². The molecule has 18 heavy (non-hydrogen) atoms. The number of aromatic nitrogens is 2. The molecule has 1 N–H and O–H groups in total. The van der Waals surface area contributed by atoms with Gasteiger partial charge >= 0.3 is 0 Å². The van der Waals surface area contributed by atoms with Gasteiger partial charge in [0, 0.05) is 31.5 Å². The normalized spacial score (nSPS) is 17.5. The Kier molecular flexibility index (Phi) is 2.70. The second kappa shape index (κ2) is 4.24. The number of Topliss-reactive ketones (excluding diaryl/α,β-unsaturated/α-hetero) is 1. The summed E-state index contributed by atoms with van der Waals surface area (Å²) in [6.45, 7) is 1.23. The third-order valence-corrected chi connectivity index (χ3v) is 3.40. The molecule has 5 nitrogen and oxygen atoms in total. The molecule has 0 spiro atoms. The fourth-order valence-electron chi connectivity index (χ4n) is 2.44. The van der Waals surface area contributed by atoms with Crippen LogP contribution in [0.2, 0.25) is 0 Å². The smallest absolute Gasteiger partial charge is 0.229 e. The van der Waals surface area contributed by atoms with Crippen LogP contribution in [-0.4, -0.2) is 33.5 Å². The molecule has 1 aromatic rings. The summed E-state index contributed by atoms with van der Waals surface area (Å²) in [6, 6.07) is 0. The van der Waals surface area contributed by atoms with E-state index in [9.17, 15) is 9.59 Å². The summed E-state index contributed by atoms with van der Waals surface area (Å²) in [5.41, 5.74) is 1.03. The third kappa shape index (κ3) is 1.58. The van der Waals surface area contributed by atoms with Crippen LogP contribution in [0.25, 0.3) is 0 Å². The molecule has 2 heterocycles. The van der Waals surface area contributed by atoms with E-state index in [4.69, 9.17) is 11.6 Å². The summed E-state index contributed by atoms with van der Waals surface area (Å²) in [7, 11) is 0. The van der Waals surface area contributed by atoms with E-state index in [1.165, 1.54) is 6.08 Å². The highest BCUT2D eigenvalue weighted by Gasteiger charge is 2.33. The number of hydrogen-bond donors (Lipinski definition) is 1. The number of aryl methyl sites for hydroxylation is 1. The highest BCUT2D eigenvalue weighted by atomic mass is 35.5. The summed E-state index contributed by atoms with van der Waals surface area (Å²) >= 11 is 5.56. The first-order valence-corrected chi connectivity index (χ1v) is 6.46. The lowest BCUT2D eigenvalue weighted by atomic mass is 10.0. The van der Waals surface area contributed by atoms with Crippen LogP contribution in [-0.2, 0) is 13.0 Å². The maximum Gasteiger partial charge on any atom is 0.229 e. The molecule has 3 rings (SSSR count). The zero-order valence-corrected chi connectivity index (χ0v) is 10.5. The van der Waals surface area contributed by atoms with Crippen molar-refractivity contribution in [3.05, 3.63) is 29.0 Å². The Labute approximate surface area is 109 Å². The first kappa shape index (κ1) is 11.5. The number of nitrogens with zero attached hydrogens (tertiary/aromatic N) is 2. The molecule has 2 aliphatic rings. The van der Waals surface area contributed by atoms with Gasteiger partial charge in [-0.15, -0.1) is 11.6 Å². The van der Waals surface area contributed by atoms with Crippen molar-refractivity contribution in [3.8, 4) is 0 Å². The lowest BCUT2D eigenvalue weighted by molar-refractivity contribution is 0.0971. The number of carbonyl (C=O) groups excluding carboxylic acids is 2. The molecule has 0 aromatic carbocycles. The van der Waals surface area contributed by atoms with Crippen LogP contribution in [0.15, 0.2) is 11.8 Å². The number of allylic oxidation sites excluding steroid dienone is 2. The van der Waals surface area contributed by atoms with Crippen LogP contribution in [0, 0.1) is 0 Å². The summed E-state index contributed by atoms with van der Waals surface area (Å²) in [5, 5.41) is 2.87. The number of rotatable bonds is 3. The first-order valence-electron chi connectivity index (χ1n) is 5.92. The minimum absolute atomic E-state index is 0.151. The van der Waals surface area contributed by atoms with Gasteiger partial charge in [-0.3, -0.25) is 9.59 Å². The van der Waals surface area contributed by atoms with Gasteiger partial charge < -0.3 is 9.88 Å². The molecule has 0 saturated heterocycles. The van der Waals surface area contributed by atoms with E-state index in [1.807, 2.05) is 4.57 Å². The third-order valence-electron chi connectivity index (χ3n) is 3.21. The Morgan fingerprint density at radius 2 is 2.28 bits per heavy atom. The molecule has 0 amide bonds. The van der Waals surface area contributed by atoms with Crippen molar-refractivity contribution in [1.29, 1.82) is 0 Å². The zero-order chi connectivity index (χ0) is 12.7. The average molecular weight is 266 g/mol. The van der Waals surface area contributed by atoms with E-state index in [-0.39, 0.29) is 17.3 Å². The number of ketones is 2. The molecule has 0 atom stereocenters. The topological polar surface area (TPSA) is 64.0 Å². The minimum Gasteiger partial charge on any atom is -0.381 e. The van der Waals surface area contributed by atoms with Gasteiger partial charge in [0.1, 0.15) is 17.2 Å². The molecule has 0 saturated carbocycles. The van der Waals surface area contributed by atoms with Gasteiger partial charge in [-0.1, -0.05) is 0 Å². The van der Waals surface area contributed by atoms with Crippen LogP contribution in [0.5, 0.6) is 0 Å². The quantitative estimate of drug-likeness (QED) is 0.826. The van der Waals surface area contributed by atoms with E-state index < -0.39 is 0 Å². The Hall–Kier alpha value is -1.62. The van der Waals surface area contributed by atoms with Gasteiger partial charge in [-0.05, 0) is 6.42 Å². The molecule has 1 aromatic heterocycles. The van der Waals surface area contributed by atoms with Crippen LogP contribution in [0.1, 0.15) is 33.2 Å². The van der Waals surface area contributed by atoms with Crippen molar-refractivity contribution in [2.75, 3.05) is 12.4 Å². The lowest BCUT2D eigenvalue weighted by Gasteiger charge is -2.13. The number of imidazole rings is 1. The minimum atomic E-state index is -0.211. The van der Waals surface area contributed by atoms with Crippen molar-refractivity contribution in [2.45, 2.75) is 19.4 Å². The second-order valence-electron chi connectivity index (χ2n) is 4.35. The Bertz CT molecular complexity index is 574. The number of halogens is 1. The summed E-state index contributed by atoms with van der Waals surface area (Å²) in [6.07, 6.45) is 3.17. The van der Waals surface area contributed by atoms with Crippen molar-refractivity contribution < 1.29 is 9.59 Å². The molecule has 1 aliphatic carbocycles. The van der Waals surface area contributed by atoms with Gasteiger partial charge in [-0.2, -0.15) is 0 Å². The highest BCUT2D eigenvalue weighted by molar-refractivity contribution is 6.23. The number of hydrogen-bond acceptors (Lipinski definition) is 4. The Morgan fingerprint density at radius 1 is 1.44 bits per heavy atom. The lowest BCUT2D eigenvalue weighted by Crippen LogP contribution is -2.29. The van der Waals surface area contributed by atoms with Crippen LogP contribution >= 0.6 is 11.6 Å². The Balaban J connectivity index is 2.01. The molecule has 1 aliphatic heterocycles. The van der Waals surface area contributed by atoms with Gasteiger partial charge in [-0.25, -0.2) is 4.98 Å². The van der Waals surface area contributed by atoms with Crippen LogP contribution in [0.3, 0.4) is 0 Å². The maximum absolute atomic E-state index is 12.2. The molecule has 0 unspecified atom stereocenters. The van der Waals surface area contributed by atoms with E-state index in [2.05, 4.69) is 10.3 Å². The predicted octanol–water partition coefficient (Wildman–Crippen LogP) is 0.921. The van der Waals surface area contributed by atoms with Crippen LogP contribution < -0.4 is 5.32 Å². The van der Waals surface area contributed by atoms with Gasteiger partial charge in [0.25, 0.3) is 0 Å². The van der Waals surface area contributed by atoms with E-state index in [0.717, 1.165) is 25.2 Å². The van der Waals surface area contributed by atoms with Gasteiger partial charge in [0.15, 0.2) is 0 Å². The zero-order valence-electron chi connectivity index (χ0n) is 9.70. The van der Waals surface area contributed by atoms with Crippen molar-refractivity contribution in [2.24, 2.45) is 0 Å². The standard InChI is InChI=1S/C12H12ClN3O2/c13-3-4-14-7-6-8(17)11-10(12(7)18)15-9-2-1-5-16(9)11/h6,14H,1-5H2. The summed E-state index contributed by atoms with van der Waals surface area (Å²) in [5.74, 6) is 0.860. The predicted molar refractivity (Wildman–Crippen MR) is 66.0 cm³/mol. The second-order valence-corrected chi connectivity index (χ2v) is 4.73. The van der Waals surface area contributed by atoms with Gasteiger partial charge in [0.2, 0.25) is 11.6 Å². The maximum atomic E-state index is 12.2. The molecule has 6 heteroatoms. The molecule has 94 valence electrons.